The summed E-state index contributed by atoms with van der Waals surface area (Å²) in [6, 6.07) is 1.82. The Kier molecular flexibility index (Phi) is 3.41. The molecule has 1 aliphatic rings. The summed E-state index contributed by atoms with van der Waals surface area (Å²) in [7, 11) is 0. The van der Waals surface area contributed by atoms with Crippen molar-refractivity contribution in [2.24, 2.45) is 0 Å². The third-order valence-corrected chi connectivity index (χ3v) is 3.40. The second kappa shape index (κ2) is 4.82. The predicted molar refractivity (Wildman–Crippen MR) is 65.5 cm³/mol. The monoisotopic (exact) mass is 233 g/mol. The van der Waals surface area contributed by atoms with Crippen molar-refractivity contribution in [2.45, 2.75) is 38.5 Å². The zero-order valence-corrected chi connectivity index (χ0v) is 10.5. The summed E-state index contributed by atoms with van der Waals surface area (Å²) in [4.78, 5) is 22.6. The van der Waals surface area contributed by atoms with Gasteiger partial charge in [0, 0.05) is 19.3 Å². The van der Waals surface area contributed by atoms with Crippen molar-refractivity contribution in [1.29, 1.82) is 0 Å². The second-order valence-corrected chi connectivity index (χ2v) is 5.07. The topological polar surface area (TPSA) is 46.1 Å². The van der Waals surface area contributed by atoms with Crippen LogP contribution in [0.25, 0.3) is 0 Å². The average Bonchev–Trinajstić information content (AvgIpc) is 2.40. The van der Waals surface area contributed by atoms with Crippen LogP contribution in [0.5, 0.6) is 0 Å². The van der Waals surface area contributed by atoms with E-state index in [9.17, 15) is 4.79 Å². The molecule has 1 aromatic rings. The van der Waals surface area contributed by atoms with Gasteiger partial charge in [-0.15, -0.1) is 0 Å². The van der Waals surface area contributed by atoms with Gasteiger partial charge < -0.3 is 4.90 Å². The van der Waals surface area contributed by atoms with E-state index < -0.39 is 5.41 Å². The minimum atomic E-state index is -0.555. The van der Waals surface area contributed by atoms with Crippen molar-refractivity contribution in [3.8, 4) is 0 Å². The fraction of sp³-hybridized carbons (Fsp3) is 0.615. The Hall–Kier alpha value is -1.45. The van der Waals surface area contributed by atoms with Gasteiger partial charge in [-0.2, -0.15) is 0 Å². The lowest BCUT2D eigenvalue weighted by Gasteiger charge is -2.33. The van der Waals surface area contributed by atoms with Gasteiger partial charge in [-0.1, -0.05) is 0 Å². The Labute approximate surface area is 102 Å². The minimum Gasteiger partial charge on any atom is -0.342 e. The van der Waals surface area contributed by atoms with E-state index in [4.69, 9.17) is 0 Å². The Morgan fingerprint density at radius 3 is 2.59 bits per heavy atom. The molecule has 1 fully saturated rings. The number of aromatic nitrogens is 2. The lowest BCUT2D eigenvalue weighted by molar-refractivity contribution is -0.137. The zero-order valence-electron chi connectivity index (χ0n) is 10.5. The molecule has 0 atom stereocenters. The number of piperidine rings is 1. The van der Waals surface area contributed by atoms with Crippen molar-refractivity contribution in [2.75, 3.05) is 13.1 Å². The smallest absolute Gasteiger partial charge is 0.234 e. The number of nitrogens with zero attached hydrogens (tertiary/aromatic N) is 3. The highest BCUT2D eigenvalue weighted by molar-refractivity contribution is 5.86. The van der Waals surface area contributed by atoms with Gasteiger partial charge in [-0.25, -0.2) is 9.97 Å². The quantitative estimate of drug-likeness (QED) is 0.782. The van der Waals surface area contributed by atoms with E-state index in [1.54, 1.807) is 6.20 Å². The standard InChI is InChI=1S/C13H19N3O/c1-13(2,11-6-7-14-10-15-11)12(17)16-8-4-3-5-9-16/h6-7,10H,3-5,8-9H2,1-2H3. The largest absolute Gasteiger partial charge is 0.342 e. The third kappa shape index (κ3) is 2.46. The number of hydrogen-bond donors (Lipinski definition) is 0. The lowest BCUT2D eigenvalue weighted by Crippen LogP contribution is -2.46. The first-order valence-corrected chi connectivity index (χ1v) is 6.18. The van der Waals surface area contributed by atoms with Gasteiger partial charge in [0.15, 0.2) is 0 Å². The maximum absolute atomic E-state index is 12.5. The molecule has 4 heteroatoms. The first-order valence-electron chi connectivity index (χ1n) is 6.18. The van der Waals surface area contributed by atoms with Crippen LogP contribution < -0.4 is 0 Å². The van der Waals surface area contributed by atoms with Crippen LogP contribution in [0.2, 0.25) is 0 Å². The molecule has 0 spiro atoms. The molecule has 0 saturated carbocycles. The fourth-order valence-electron chi connectivity index (χ4n) is 2.26. The van der Waals surface area contributed by atoms with Crippen LogP contribution in [0.4, 0.5) is 0 Å². The summed E-state index contributed by atoms with van der Waals surface area (Å²) in [6.07, 6.45) is 6.66. The van der Waals surface area contributed by atoms with Gasteiger partial charge in [-0.05, 0) is 39.2 Å². The second-order valence-electron chi connectivity index (χ2n) is 5.07. The minimum absolute atomic E-state index is 0.177. The number of carbonyl (C=O) groups excluding carboxylic acids is 1. The molecule has 1 aromatic heterocycles. The van der Waals surface area contributed by atoms with Crippen LogP contribution in [0.1, 0.15) is 38.8 Å². The Morgan fingerprint density at radius 2 is 2.00 bits per heavy atom. The molecule has 0 radical (unpaired) electrons. The number of carbonyl (C=O) groups is 1. The number of amides is 1. The average molecular weight is 233 g/mol. The summed E-state index contributed by atoms with van der Waals surface area (Å²) in [5, 5.41) is 0. The molecule has 1 amide bonds. The maximum Gasteiger partial charge on any atom is 0.234 e. The van der Waals surface area contributed by atoms with Crippen molar-refractivity contribution < 1.29 is 4.79 Å². The van der Waals surface area contributed by atoms with Crippen LogP contribution in [-0.2, 0) is 10.2 Å². The Morgan fingerprint density at radius 1 is 1.29 bits per heavy atom. The van der Waals surface area contributed by atoms with E-state index in [1.165, 1.54) is 12.7 Å². The van der Waals surface area contributed by atoms with Crippen molar-refractivity contribution in [3.63, 3.8) is 0 Å². The van der Waals surface area contributed by atoms with Crippen molar-refractivity contribution >= 4 is 5.91 Å². The summed E-state index contributed by atoms with van der Waals surface area (Å²) >= 11 is 0. The summed E-state index contributed by atoms with van der Waals surface area (Å²) in [5.74, 6) is 0.177. The first-order chi connectivity index (χ1) is 8.12. The number of hydrogen-bond acceptors (Lipinski definition) is 3. The van der Waals surface area contributed by atoms with E-state index in [0.717, 1.165) is 31.6 Å². The molecule has 0 unspecified atom stereocenters. The van der Waals surface area contributed by atoms with Crippen LogP contribution >= 0.6 is 0 Å². The van der Waals surface area contributed by atoms with Gasteiger partial charge in [0.05, 0.1) is 11.1 Å². The molecular weight excluding hydrogens is 214 g/mol. The molecule has 2 rings (SSSR count). The fourth-order valence-corrected chi connectivity index (χ4v) is 2.26. The molecule has 2 heterocycles. The van der Waals surface area contributed by atoms with Gasteiger partial charge in [0.2, 0.25) is 5.91 Å². The van der Waals surface area contributed by atoms with Gasteiger partial charge >= 0.3 is 0 Å². The molecule has 0 N–H and O–H groups in total. The summed E-state index contributed by atoms with van der Waals surface area (Å²) in [5.41, 5.74) is 0.239. The van der Waals surface area contributed by atoms with Gasteiger partial charge in [0.1, 0.15) is 6.33 Å². The highest BCUT2D eigenvalue weighted by Gasteiger charge is 2.35. The zero-order chi connectivity index (χ0) is 12.3. The summed E-state index contributed by atoms with van der Waals surface area (Å²) in [6.45, 7) is 5.64. The van der Waals surface area contributed by atoms with Crippen molar-refractivity contribution in [3.05, 3.63) is 24.3 Å². The van der Waals surface area contributed by atoms with Crippen molar-refractivity contribution in [1.82, 2.24) is 14.9 Å². The molecule has 0 aliphatic carbocycles. The van der Waals surface area contributed by atoms with Gasteiger partial charge in [0.25, 0.3) is 0 Å². The SMILES string of the molecule is CC(C)(C(=O)N1CCCCC1)c1ccncn1. The highest BCUT2D eigenvalue weighted by atomic mass is 16.2. The van der Waals surface area contributed by atoms with Crippen LogP contribution in [0.15, 0.2) is 18.6 Å². The molecular formula is C13H19N3O. The molecule has 4 nitrogen and oxygen atoms in total. The molecule has 17 heavy (non-hydrogen) atoms. The molecule has 92 valence electrons. The maximum atomic E-state index is 12.5. The molecule has 0 bridgehead atoms. The molecule has 0 aromatic carbocycles. The van der Waals surface area contributed by atoms with Crippen LogP contribution in [0, 0.1) is 0 Å². The predicted octanol–water partition coefficient (Wildman–Crippen LogP) is 1.77. The van der Waals surface area contributed by atoms with Crippen LogP contribution in [-0.4, -0.2) is 33.9 Å². The normalized spacial score (nSPS) is 16.9. The Bertz CT molecular complexity index is 383. The highest BCUT2D eigenvalue weighted by Crippen LogP contribution is 2.25. The molecule has 1 aliphatic heterocycles. The molecule has 1 saturated heterocycles. The van der Waals surface area contributed by atoms with E-state index in [1.807, 2.05) is 24.8 Å². The van der Waals surface area contributed by atoms with E-state index in [0.29, 0.717) is 0 Å². The Balaban J connectivity index is 2.17. The lowest BCUT2D eigenvalue weighted by atomic mass is 9.86. The third-order valence-electron chi connectivity index (χ3n) is 3.40. The first kappa shape index (κ1) is 12.0. The van der Waals surface area contributed by atoms with E-state index in [-0.39, 0.29) is 5.91 Å². The number of rotatable bonds is 2. The van der Waals surface area contributed by atoms with Crippen LogP contribution in [0.3, 0.4) is 0 Å². The van der Waals surface area contributed by atoms with Gasteiger partial charge in [-0.3, -0.25) is 4.79 Å². The van der Waals surface area contributed by atoms with E-state index >= 15 is 0 Å². The summed E-state index contributed by atoms with van der Waals surface area (Å²) < 4.78 is 0. The van der Waals surface area contributed by atoms with E-state index in [2.05, 4.69) is 9.97 Å². The number of likely N-dealkylation sites (tertiary alicyclic amines) is 1.